The van der Waals surface area contributed by atoms with E-state index in [-0.39, 0.29) is 0 Å². The number of hydrogen-bond donors (Lipinski definition) is 0. The fourth-order valence-corrected chi connectivity index (χ4v) is 2.53. The van der Waals surface area contributed by atoms with Gasteiger partial charge in [0, 0.05) is 32.2 Å². The van der Waals surface area contributed by atoms with E-state index >= 15 is 0 Å². The Kier molecular flexibility index (Phi) is 3.02. The van der Waals surface area contributed by atoms with E-state index in [0.717, 1.165) is 17.7 Å². The highest BCUT2D eigenvalue weighted by molar-refractivity contribution is 9.10. The quantitative estimate of drug-likeness (QED) is 0.812. The van der Waals surface area contributed by atoms with Crippen molar-refractivity contribution in [2.24, 2.45) is 7.05 Å². The molecule has 1 aromatic heterocycles. The highest BCUT2D eigenvalue weighted by Crippen LogP contribution is 2.24. The van der Waals surface area contributed by atoms with Crippen molar-refractivity contribution >= 4 is 21.7 Å². The third-order valence-electron chi connectivity index (χ3n) is 3.04. The first kappa shape index (κ1) is 11.0. The lowest BCUT2D eigenvalue weighted by atomic mass is 10.2. The third-order valence-corrected chi connectivity index (χ3v) is 3.43. The minimum absolute atomic E-state index is 0.665. The van der Waals surface area contributed by atoms with Gasteiger partial charge in [-0.25, -0.2) is 0 Å². The Morgan fingerprint density at radius 1 is 1.53 bits per heavy atom. The number of anilines is 1. The van der Waals surface area contributed by atoms with Gasteiger partial charge in [0.15, 0.2) is 0 Å². The second-order valence-corrected chi connectivity index (χ2v) is 5.11. The van der Waals surface area contributed by atoms with E-state index in [2.05, 4.69) is 51.0 Å². The molecule has 0 unspecified atom stereocenters. The van der Waals surface area contributed by atoms with Gasteiger partial charge in [-0.05, 0) is 36.4 Å². The normalized spacial score (nSPS) is 21.7. The summed E-state index contributed by atoms with van der Waals surface area (Å²) in [5.74, 6) is 1.20. The fraction of sp³-hybridized carbons (Fsp3) is 0.700. The van der Waals surface area contributed by atoms with Gasteiger partial charge in [-0.1, -0.05) is 0 Å². The molecule has 0 aliphatic carbocycles. The zero-order valence-electron chi connectivity index (χ0n) is 9.44. The van der Waals surface area contributed by atoms with Crippen LogP contribution in [0.4, 0.5) is 5.82 Å². The van der Waals surface area contributed by atoms with E-state index < -0.39 is 0 Å². The molecule has 0 aromatic carbocycles. The van der Waals surface area contributed by atoms with Crippen molar-refractivity contribution in [1.29, 1.82) is 0 Å². The van der Waals surface area contributed by atoms with Gasteiger partial charge in [-0.3, -0.25) is 4.68 Å². The molecule has 0 radical (unpaired) electrons. The molecule has 2 rings (SSSR count). The molecular formula is C10H17BrN4. The Balaban J connectivity index is 2.11. The number of nitrogens with zero attached hydrogens (tertiary/aromatic N) is 4. The zero-order valence-corrected chi connectivity index (χ0v) is 11.0. The molecular weight excluding hydrogens is 256 g/mol. The van der Waals surface area contributed by atoms with Gasteiger partial charge in [0.05, 0.1) is 0 Å². The predicted octanol–water partition coefficient (Wildman–Crippen LogP) is 1.32. The molecule has 5 heteroatoms. The fourth-order valence-electron chi connectivity index (χ4n) is 2.09. The van der Waals surface area contributed by atoms with Crippen molar-refractivity contribution in [1.82, 2.24) is 14.7 Å². The smallest absolute Gasteiger partial charge is 0.130 e. The number of halogens is 1. The number of aryl methyl sites for hydroxylation is 1. The summed E-state index contributed by atoms with van der Waals surface area (Å²) in [5.41, 5.74) is 0. The Morgan fingerprint density at radius 3 is 2.73 bits per heavy atom. The van der Waals surface area contributed by atoms with Crippen LogP contribution in [0.5, 0.6) is 0 Å². The Labute approximate surface area is 99.0 Å². The highest BCUT2D eigenvalue weighted by atomic mass is 79.9. The van der Waals surface area contributed by atoms with Crippen LogP contribution >= 0.6 is 15.9 Å². The molecule has 84 valence electrons. The summed E-state index contributed by atoms with van der Waals surface area (Å²) >= 11 is 3.41. The minimum atomic E-state index is 0.665. The lowest BCUT2D eigenvalue weighted by Crippen LogP contribution is -2.32. The van der Waals surface area contributed by atoms with Crippen molar-refractivity contribution in [2.45, 2.75) is 12.5 Å². The lowest BCUT2D eigenvalue weighted by molar-refractivity contribution is 0.315. The van der Waals surface area contributed by atoms with E-state index in [4.69, 9.17) is 0 Å². The van der Waals surface area contributed by atoms with Gasteiger partial charge in [-0.2, -0.15) is 5.10 Å². The van der Waals surface area contributed by atoms with Crippen molar-refractivity contribution < 1.29 is 0 Å². The molecule has 0 N–H and O–H groups in total. The first-order valence-corrected chi connectivity index (χ1v) is 5.98. The number of hydrogen-bond acceptors (Lipinski definition) is 3. The van der Waals surface area contributed by atoms with Crippen molar-refractivity contribution in [3.63, 3.8) is 0 Å². The Morgan fingerprint density at radius 2 is 2.27 bits per heavy atom. The second kappa shape index (κ2) is 4.14. The lowest BCUT2D eigenvalue weighted by Gasteiger charge is -2.21. The van der Waals surface area contributed by atoms with E-state index in [1.165, 1.54) is 12.2 Å². The van der Waals surface area contributed by atoms with Gasteiger partial charge in [0.2, 0.25) is 0 Å². The maximum atomic E-state index is 4.30. The molecule has 2 heterocycles. The molecule has 1 aromatic rings. The second-order valence-electron chi connectivity index (χ2n) is 4.30. The molecule has 4 nitrogen and oxygen atoms in total. The molecule has 1 aliphatic rings. The summed E-state index contributed by atoms with van der Waals surface area (Å²) in [6.45, 7) is 2.22. The monoisotopic (exact) mass is 272 g/mol. The molecule has 0 spiro atoms. The summed E-state index contributed by atoms with van der Waals surface area (Å²) < 4.78 is 2.84. The van der Waals surface area contributed by atoms with Gasteiger partial charge in [0.1, 0.15) is 10.4 Å². The summed E-state index contributed by atoms with van der Waals surface area (Å²) in [4.78, 5) is 4.69. The van der Waals surface area contributed by atoms with Crippen LogP contribution in [-0.4, -0.2) is 47.9 Å². The van der Waals surface area contributed by atoms with Crippen molar-refractivity contribution in [3.8, 4) is 0 Å². The highest BCUT2D eigenvalue weighted by Gasteiger charge is 2.25. The van der Waals surface area contributed by atoms with Crippen LogP contribution in [0, 0.1) is 0 Å². The van der Waals surface area contributed by atoms with E-state index in [9.17, 15) is 0 Å². The van der Waals surface area contributed by atoms with Crippen LogP contribution in [-0.2, 0) is 7.05 Å². The first-order chi connectivity index (χ1) is 7.08. The topological polar surface area (TPSA) is 24.3 Å². The Bertz CT molecular complexity index is 347. The SMILES string of the molecule is CN(C)[C@@H]1CCN(c2cc(Br)nn2C)C1. The summed E-state index contributed by atoms with van der Waals surface area (Å²) in [7, 11) is 6.28. The van der Waals surface area contributed by atoms with Crippen molar-refractivity contribution in [2.75, 3.05) is 32.1 Å². The van der Waals surface area contributed by atoms with Gasteiger partial charge in [-0.15, -0.1) is 0 Å². The molecule has 0 bridgehead atoms. The van der Waals surface area contributed by atoms with E-state index in [1.807, 2.05) is 11.7 Å². The minimum Gasteiger partial charge on any atom is -0.355 e. The largest absolute Gasteiger partial charge is 0.355 e. The van der Waals surface area contributed by atoms with E-state index in [1.54, 1.807) is 0 Å². The summed E-state index contributed by atoms with van der Waals surface area (Å²) in [6, 6.07) is 2.75. The molecule has 15 heavy (non-hydrogen) atoms. The summed E-state index contributed by atoms with van der Waals surface area (Å²) in [6.07, 6.45) is 1.23. The molecule has 1 aliphatic heterocycles. The van der Waals surface area contributed by atoms with Crippen LogP contribution in [0.2, 0.25) is 0 Å². The van der Waals surface area contributed by atoms with Gasteiger partial charge in [0.25, 0.3) is 0 Å². The first-order valence-electron chi connectivity index (χ1n) is 5.19. The Hall–Kier alpha value is -0.550. The maximum absolute atomic E-state index is 4.30. The summed E-state index contributed by atoms with van der Waals surface area (Å²) in [5, 5.41) is 4.30. The van der Waals surface area contributed by atoms with Crippen LogP contribution in [0.15, 0.2) is 10.7 Å². The predicted molar refractivity (Wildman–Crippen MR) is 65.2 cm³/mol. The molecule has 1 fully saturated rings. The maximum Gasteiger partial charge on any atom is 0.130 e. The third kappa shape index (κ3) is 2.18. The molecule has 0 saturated carbocycles. The average Bonchev–Trinajstić information content (AvgIpc) is 2.71. The zero-order chi connectivity index (χ0) is 11.0. The number of rotatable bonds is 2. The molecule has 1 atom stereocenters. The van der Waals surface area contributed by atoms with Crippen LogP contribution < -0.4 is 4.90 Å². The van der Waals surface area contributed by atoms with Gasteiger partial charge >= 0.3 is 0 Å². The van der Waals surface area contributed by atoms with E-state index in [0.29, 0.717) is 6.04 Å². The average molecular weight is 273 g/mol. The molecule has 1 saturated heterocycles. The van der Waals surface area contributed by atoms with Crippen LogP contribution in [0.1, 0.15) is 6.42 Å². The van der Waals surface area contributed by atoms with Gasteiger partial charge < -0.3 is 9.80 Å². The molecule has 0 amide bonds. The van der Waals surface area contributed by atoms with Crippen molar-refractivity contribution in [3.05, 3.63) is 10.7 Å². The number of likely N-dealkylation sites (N-methyl/N-ethyl adjacent to an activating group) is 1. The number of aromatic nitrogens is 2. The standard InChI is InChI=1S/C10H17BrN4/c1-13(2)8-4-5-15(7-8)10-6-9(11)12-14(10)3/h6,8H,4-5,7H2,1-3H3/t8-/m1/s1. The van der Waals surface area contributed by atoms with Crippen LogP contribution in [0.3, 0.4) is 0 Å². The van der Waals surface area contributed by atoms with Crippen LogP contribution in [0.25, 0.3) is 0 Å².